The highest BCUT2D eigenvalue weighted by molar-refractivity contribution is 8.07. The van der Waals surface area contributed by atoms with E-state index in [1.54, 1.807) is 7.11 Å². The number of methoxy groups -OCH3 is 1. The van der Waals surface area contributed by atoms with E-state index in [1.807, 2.05) is 26.8 Å². The number of nitriles is 1. The van der Waals surface area contributed by atoms with Crippen LogP contribution >= 0.6 is 24.4 Å². The lowest BCUT2D eigenvalue weighted by Crippen LogP contribution is -2.12. The van der Waals surface area contributed by atoms with Gasteiger partial charge in [0.1, 0.15) is 0 Å². The Morgan fingerprint density at radius 3 is 2.91 bits per heavy atom. The van der Waals surface area contributed by atoms with Crippen LogP contribution in [0.4, 0.5) is 0 Å². The van der Waals surface area contributed by atoms with Gasteiger partial charge < -0.3 is 14.6 Å². The molecule has 0 bridgehead atoms. The number of aliphatic hydroxyl groups is 1. The normalized spacial score (nSPS) is 20.7. The van der Waals surface area contributed by atoms with E-state index < -0.39 is 6.10 Å². The van der Waals surface area contributed by atoms with Gasteiger partial charge in [-0.05, 0) is 39.2 Å². The van der Waals surface area contributed by atoms with Gasteiger partial charge in [-0.1, -0.05) is 17.8 Å². The van der Waals surface area contributed by atoms with E-state index >= 15 is 0 Å². The molecule has 0 heterocycles. The molecule has 23 heavy (non-hydrogen) atoms. The predicted molar refractivity (Wildman–Crippen MR) is 98.2 cm³/mol. The van der Waals surface area contributed by atoms with Crippen LogP contribution in [-0.4, -0.2) is 37.6 Å². The summed E-state index contributed by atoms with van der Waals surface area (Å²) in [4.78, 5) is 2.46. The molecule has 0 aromatic carbocycles. The summed E-state index contributed by atoms with van der Waals surface area (Å²) in [5, 5.41) is 19.3. The molecule has 0 aromatic rings. The molecule has 4 nitrogen and oxygen atoms in total. The van der Waals surface area contributed by atoms with Crippen LogP contribution in [0.15, 0.2) is 31.9 Å². The van der Waals surface area contributed by atoms with Crippen molar-refractivity contribution in [2.24, 2.45) is 0 Å². The van der Waals surface area contributed by atoms with Gasteiger partial charge in [0, 0.05) is 28.4 Å². The summed E-state index contributed by atoms with van der Waals surface area (Å²) >= 11 is 5.89. The summed E-state index contributed by atoms with van der Waals surface area (Å²) in [6, 6.07) is 2.21. The fourth-order valence-corrected chi connectivity index (χ4v) is 3.39. The van der Waals surface area contributed by atoms with Crippen molar-refractivity contribution in [3.05, 3.63) is 31.9 Å². The van der Waals surface area contributed by atoms with E-state index in [2.05, 4.69) is 18.7 Å². The first-order valence-corrected chi connectivity index (χ1v) is 8.83. The minimum Gasteiger partial charge on any atom is -0.388 e. The SMILES string of the molecule is COC(C)CCOC/C(C#N)=C(\C)SC1=C(S)C(O)CC=C1C. The number of nitrogens with zero attached hydrogens (tertiary/aromatic N) is 1. The Labute approximate surface area is 148 Å². The number of rotatable bonds is 8. The Bertz CT molecular complexity index is 547. The van der Waals surface area contributed by atoms with Crippen LogP contribution in [0.5, 0.6) is 0 Å². The summed E-state index contributed by atoms with van der Waals surface area (Å²) < 4.78 is 10.7. The maximum Gasteiger partial charge on any atom is 0.0980 e. The van der Waals surface area contributed by atoms with Gasteiger partial charge in [-0.3, -0.25) is 0 Å². The Kier molecular flexibility index (Phi) is 9.03. The lowest BCUT2D eigenvalue weighted by molar-refractivity contribution is 0.0691. The van der Waals surface area contributed by atoms with E-state index in [0.717, 1.165) is 21.8 Å². The van der Waals surface area contributed by atoms with Gasteiger partial charge in [-0.25, -0.2) is 0 Å². The van der Waals surface area contributed by atoms with Crippen molar-refractivity contribution in [2.45, 2.75) is 45.8 Å². The highest BCUT2D eigenvalue weighted by atomic mass is 32.2. The summed E-state index contributed by atoms with van der Waals surface area (Å²) in [7, 11) is 1.67. The minimum atomic E-state index is -0.561. The first kappa shape index (κ1) is 20.3. The Morgan fingerprint density at radius 2 is 2.30 bits per heavy atom. The van der Waals surface area contributed by atoms with E-state index in [4.69, 9.17) is 9.47 Å². The van der Waals surface area contributed by atoms with Crippen LogP contribution in [0.1, 0.15) is 33.6 Å². The molecule has 1 aliphatic carbocycles. The van der Waals surface area contributed by atoms with E-state index in [1.165, 1.54) is 11.8 Å². The van der Waals surface area contributed by atoms with Crippen LogP contribution in [0, 0.1) is 11.3 Å². The molecule has 1 aliphatic rings. The second kappa shape index (κ2) is 10.2. The van der Waals surface area contributed by atoms with Gasteiger partial charge in [0.05, 0.1) is 30.5 Å². The van der Waals surface area contributed by atoms with Crippen molar-refractivity contribution in [2.75, 3.05) is 20.3 Å². The molecule has 0 aliphatic heterocycles. The standard InChI is InChI=1S/C17H25NO3S2/c1-11-5-6-15(19)16(22)17(11)23-13(3)14(9-18)10-21-8-7-12(2)20-4/h5,12,15,19,22H,6-8,10H2,1-4H3/b14-13+. The molecule has 1 N–H and O–H groups in total. The second-order valence-electron chi connectivity index (χ2n) is 5.49. The number of aliphatic hydroxyl groups excluding tert-OH is 1. The van der Waals surface area contributed by atoms with Gasteiger partial charge in [-0.2, -0.15) is 5.26 Å². The third-order valence-electron chi connectivity index (χ3n) is 3.69. The third kappa shape index (κ3) is 6.36. The molecule has 0 spiro atoms. The number of ether oxygens (including phenoxy) is 2. The van der Waals surface area contributed by atoms with Crippen LogP contribution in [0.25, 0.3) is 0 Å². The molecule has 0 aromatic heterocycles. The Morgan fingerprint density at radius 1 is 1.61 bits per heavy atom. The lowest BCUT2D eigenvalue weighted by atomic mass is 10.1. The van der Waals surface area contributed by atoms with Crippen LogP contribution in [0.2, 0.25) is 0 Å². The number of hydrogen-bond acceptors (Lipinski definition) is 6. The topological polar surface area (TPSA) is 62.5 Å². The highest BCUT2D eigenvalue weighted by Gasteiger charge is 2.20. The summed E-state index contributed by atoms with van der Waals surface area (Å²) in [6.45, 7) is 6.71. The van der Waals surface area contributed by atoms with Crippen LogP contribution in [-0.2, 0) is 9.47 Å². The fraction of sp³-hybridized carbons (Fsp3) is 0.588. The number of allylic oxidation sites excluding steroid dienone is 2. The van der Waals surface area contributed by atoms with E-state index in [-0.39, 0.29) is 12.7 Å². The van der Waals surface area contributed by atoms with E-state index in [9.17, 15) is 10.4 Å². The molecule has 0 saturated heterocycles. The van der Waals surface area contributed by atoms with Gasteiger partial charge in [0.2, 0.25) is 0 Å². The van der Waals surface area contributed by atoms with Gasteiger partial charge >= 0.3 is 0 Å². The van der Waals surface area contributed by atoms with Crippen molar-refractivity contribution in [1.29, 1.82) is 5.26 Å². The first-order chi connectivity index (χ1) is 10.9. The predicted octanol–water partition coefficient (Wildman–Crippen LogP) is 3.81. The Hall–Kier alpha value is -0.710. The van der Waals surface area contributed by atoms with E-state index in [0.29, 0.717) is 23.5 Å². The molecule has 128 valence electrons. The summed E-state index contributed by atoms with van der Waals surface area (Å²) in [5.41, 5.74) is 1.68. The molecule has 2 atom stereocenters. The third-order valence-corrected chi connectivity index (χ3v) is 5.66. The monoisotopic (exact) mass is 355 g/mol. The van der Waals surface area contributed by atoms with Gasteiger partial charge in [0.25, 0.3) is 0 Å². The lowest BCUT2D eigenvalue weighted by Gasteiger charge is -2.21. The van der Waals surface area contributed by atoms with Crippen molar-refractivity contribution in [3.8, 4) is 6.07 Å². The average molecular weight is 356 g/mol. The number of thiol groups is 1. The average Bonchev–Trinajstić information content (AvgIpc) is 2.54. The zero-order chi connectivity index (χ0) is 17.4. The minimum absolute atomic E-state index is 0.147. The number of thioether (sulfide) groups is 1. The zero-order valence-electron chi connectivity index (χ0n) is 14.1. The molecular weight excluding hydrogens is 330 g/mol. The summed E-state index contributed by atoms with van der Waals surface area (Å²) in [5.74, 6) is 0. The van der Waals surface area contributed by atoms with Gasteiger partial charge in [-0.15, -0.1) is 12.6 Å². The smallest absolute Gasteiger partial charge is 0.0980 e. The molecule has 0 radical (unpaired) electrons. The number of hydrogen-bond donors (Lipinski definition) is 2. The second-order valence-corrected chi connectivity index (χ2v) is 7.20. The molecule has 0 saturated carbocycles. The van der Waals surface area contributed by atoms with Crippen molar-refractivity contribution in [3.63, 3.8) is 0 Å². The first-order valence-electron chi connectivity index (χ1n) is 7.57. The van der Waals surface area contributed by atoms with Gasteiger partial charge in [0.15, 0.2) is 0 Å². The maximum atomic E-state index is 9.91. The van der Waals surface area contributed by atoms with Crippen LogP contribution in [0.3, 0.4) is 0 Å². The molecule has 0 fully saturated rings. The molecule has 0 amide bonds. The Balaban J connectivity index is 2.69. The van der Waals surface area contributed by atoms with Crippen LogP contribution < -0.4 is 0 Å². The molecular formula is C17H25NO3S2. The molecule has 6 heteroatoms. The quantitative estimate of drug-likeness (QED) is 0.394. The molecule has 2 unspecified atom stereocenters. The largest absolute Gasteiger partial charge is 0.388 e. The maximum absolute atomic E-state index is 9.91. The zero-order valence-corrected chi connectivity index (χ0v) is 15.8. The highest BCUT2D eigenvalue weighted by Crippen LogP contribution is 2.40. The fourth-order valence-electron chi connectivity index (χ4n) is 1.95. The van der Waals surface area contributed by atoms with Crippen molar-refractivity contribution in [1.82, 2.24) is 0 Å². The molecule has 1 rings (SSSR count). The summed E-state index contributed by atoms with van der Waals surface area (Å²) in [6.07, 6.45) is 2.96. The van der Waals surface area contributed by atoms with Crippen molar-refractivity contribution >= 4 is 24.4 Å². The van der Waals surface area contributed by atoms with Crippen molar-refractivity contribution < 1.29 is 14.6 Å².